The van der Waals surface area contributed by atoms with Crippen molar-refractivity contribution in [2.24, 2.45) is 5.92 Å². The Labute approximate surface area is 170 Å². The first kappa shape index (κ1) is 22.2. The van der Waals surface area contributed by atoms with E-state index in [2.05, 4.69) is 25.4 Å². The number of allylic oxidation sites excluding steroid dienone is 1. The molecule has 1 aromatic carbocycles. The van der Waals surface area contributed by atoms with Gasteiger partial charge in [-0.2, -0.15) is 0 Å². The summed E-state index contributed by atoms with van der Waals surface area (Å²) >= 11 is 0. The monoisotopic (exact) mass is 385 g/mol. The highest BCUT2D eigenvalue weighted by Gasteiger charge is 2.22. The second kappa shape index (κ2) is 11.7. The lowest BCUT2D eigenvalue weighted by molar-refractivity contribution is 0.000944. The zero-order valence-corrected chi connectivity index (χ0v) is 17.9. The van der Waals surface area contributed by atoms with Crippen LogP contribution in [-0.2, 0) is 11.3 Å². The molecular formula is C24H35NO3. The fraction of sp³-hybridized carbons (Fsp3) is 0.542. The maximum absolute atomic E-state index is 6.14. The summed E-state index contributed by atoms with van der Waals surface area (Å²) < 4.78 is 17.2. The van der Waals surface area contributed by atoms with E-state index in [0.717, 1.165) is 42.0 Å². The molecule has 0 bridgehead atoms. The highest BCUT2D eigenvalue weighted by molar-refractivity contribution is 5.56. The first-order valence-electron chi connectivity index (χ1n) is 10.4. The molecule has 154 valence electrons. The summed E-state index contributed by atoms with van der Waals surface area (Å²) in [4.78, 5) is 4.63. The molecule has 0 spiro atoms. The molecule has 2 unspecified atom stereocenters. The van der Waals surface area contributed by atoms with E-state index in [4.69, 9.17) is 13.9 Å². The summed E-state index contributed by atoms with van der Waals surface area (Å²) in [6, 6.07) is 7.74. The Bertz CT molecular complexity index is 722. The van der Waals surface area contributed by atoms with Gasteiger partial charge in [0.05, 0.1) is 19.8 Å². The van der Waals surface area contributed by atoms with E-state index in [1.54, 1.807) is 7.11 Å². The van der Waals surface area contributed by atoms with E-state index in [-0.39, 0.29) is 0 Å². The standard InChI is InChI=1S/C21H27NO3.C3H8/c1-4-7-16-8-5-11-19(12-16)24-14-20-15(2)25-21(22-20)17-9-6-10-18(13-17)23-3;1-3-2/h4,6,9-10,13,16,19H,1,5,7-8,11-12,14H2,2-3H3;3H2,1-2H3. The molecule has 1 aliphatic rings. The molecule has 0 aliphatic heterocycles. The summed E-state index contributed by atoms with van der Waals surface area (Å²) in [5.74, 6) is 2.93. The lowest BCUT2D eigenvalue weighted by Gasteiger charge is -2.28. The van der Waals surface area contributed by atoms with Crippen LogP contribution in [0.25, 0.3) is 11.5 Å². The topological polar surface area (TPSA) is 44.5 Å². The minimum absolute atomic E-state index is 0.315. The molecule has 1 aliphatic carbocycles. The molecule has 0 amide bonds. The summed E-state index contributed by atoms with van der Waals surface area (Å²) in [5.41, 5.74) is 1.79. The average molecular weight is 386 g/mol. The molecule has 1 fully saturated rings. The molecule has 2 aromatic rings. The van der Waals surface area contributed by atoms with Gasteiger partial charge >= 0.3 is 0 Å². The van der Waals surface area contributed by atoms with Gasteiger partial charge < -0.3 is 13.9 Å². The normalized spacial score (nSPS) is 18.9. The van der Waals surface area contributed by atoms with Crippen molar-refractivity contribution >= 4 is 0 Å². The fourth-order valence-electron chi connectivity index (χ4n) is 3.48. The molecule has 0 radical (unpaired) electrons. The van der Waals surface area contributed by atoms with Crippen molar-refractivity contribution in [1.29, 1.82) is 0 Å². The van der Waals surface area contributed by atoms with Gasteiger partial charge in [-0.25, -0.2) is 4.98 Å². The average Bonchev–Trinajstić information content (AvgIpc) is 3.08. The number of ether oxygens (including phenoxy) is 2. The zero-order valence-electron chi connectivity index (χ0n) is 17.9. The summed E-state index contributed by atoms with van der Waals surface area (Å²) in [5, 5.41) is 0. The van der Waals surface area contributed by atoms with Crippen LogP contribution in [0.4, 0.5) is 0 Å². The number of methoxy groups -OCH3 is 1. The van der Waals surface area contributed by atoms with Crippen LogP contribution < -0.4 is 4.74 Å². The van der Waals surface area contributed by atoms with Crippen molar-refractivity contribution in [2.45, 2.75) is 72.0 Å². The van der Waals surface area contributed by atoms with Gasteiger partial charge in [0.15, 0.2) is 0 Å². The van der Waals surface area contributed by atoms with Crippen molar-refractivity contribution in [2.75, 3.05) is 7.11 Å². The Morgan fingerprint density at radius 1 is 1.29 bits per heavy atom. The van der Waals surface area contributed by atoms with E-state index in [1.165, 1.54) is 19.3 Å². The Morgan fingerprint density at radius 3 is 2.79 bits per heavy atom. The van der Waals surface area contributed by atoms with Crippen molar-refractivity contribution in [3.05, 3.63) is 48.4 Å². The SMILES string of the molecule is C=CCC1CCCC(OCc2nc(-c3cccc(OC)c3)oc2C)C1.CCC. The Kier molecular flexibility index (Phi) is 9.29. The summed E-state index contributed by atoms with van der Waals surface area (Å²) in [6.07, 6.45) is 9.44. The molecule has 4 nitrogen and oxygen atoms in total. The number of hydrogen-bond acceptors (Lipinski definition) is 4. The van der Waals surface area contributed by atoms with Crippen molar-refractivity contribution in [1.82, 2.24) is 4.98 Å². The van der Waals surface area contributed by atoms with Crippen LogP contribution in [0, 0.1) is 12.8 Å². The molecule has 1 heterocycles. The molecule has 3 rings (SSSR count). The highest BCUT2D eigenvalue weighted by atomic mass is 16.5. The quantitative estimate of drug-likeness (QED) is 0.496. The minimum atomic E-state index is 0.315. The van der Waals surface area contributed by atoms with Gasteiger partial charge in [0.25, 0.3) is 0 Å². The number of benzene rings is 1. The van der Waals surface area contributed by atoms with Crippen LogP contribution >= 0.6 is 0 Å². The van der Waals surface area contributed by atoms with Crippen LogP contribution in [0.3, 0.4) is 0 Å². The number of hydrogen-bond donors (Lipinski definition) is 0. The third-order valence-electron chi connectivity index (χ3n) is 4.90. The molecule has 0 N–H and O–H groups in total. The molecule has 2 atom stereocenters. The Hall–Kier alpha value is -2.07. The minimum Gasteiger partial charge on any atom is -0.497 e. The Balaban J connectivity index is 0.000000878. The van der Waals surface area contributed by atoms with Crippen molar-refractivity contribution in [3.63, 3.8) is 0 Å². The highest BCUT2D eigenvalue weighted by Crippen LogP contribution is 2.30. The van der Waals surface area contributed by atoms with E-state index in [1.807, 2.05) is 37.3 Å². The van der Waals surface area contributed by atoms with Gasteiger partial charge in [-0.15, -0.1) is 6.58 Å². The molecule has 28 heavy (non-hydrogen) atoms. The van der Waals surface area contributed by atoms with Crippen LogP contribution in [0.1, 0.15) is 63.8 Å². The van der Waals surface area contributed by atoms with E-state index in [0.29, 0.717) is 24.5 Å². The lowest BCUT2D eigenvalue weighted by atomic mass is 9.85. The molecule has 1 aromatic heterocycles. The van der Waals surface area contributed by atoms with Crippen LogP contribution in [0.5, 0.6) is 5.75 Å². The van der Waals surface area contributed by atoms with E-state index in [9.17, 15) is 0 Å². The molecular weight excluding hydrogens is 350 g/mol. The second-order valence-electron chi connectivity index (χ2n) is 7.45. The predicted molar refractivity (Wildman–Crippen MR) is 115 cm³/mol. The van der Waals surface area contributed by atoms with Gasteiger partial charge in [0.2, 0.25) is 5.89 Å². The van der Waals surface area contributed by atoms with E-state index >= 15 is 0 Å². The predicted octanol–water partition coefficient (Wildman–Crippen LogP) is 6.73. The number of nitrogens with zero attached hydrogens (tertiary/aromatic N) is 1. The summed E-state index contributed by atoms with van der Waals surface area (Å²) in [6.45, 7) is 10.6. The number of rotatable bonds is 7. The van der Waals surface area contributed by atoms with Crippen LogP contribution in [-0.4, -0.2) is 18.2 Å². The first-order chi connectivity index (χ1) is 13.6. The van der Waals surface area contributed by atoms with Crippen LogP contribution in [0.2, 0.25) is 0 Å². The first-order valence-corrected chi connectivity index (χ1v) is 10.4. The van der Waals surface area contributed by atoms with Gasteiger partial charge in [-0.05, 0) is 56.7 Å². The molecule has 4 heteroatoms. The van der Waals surface area contributed by atoms with Crippen molar-refractivity contribution < 1.29 is 13.9 Å². The number of oxazole rings is 1. The van der Waals surface area contributed by atoms with Crippen LogP contribution in [0.15, 0.2) is 41.3 Å². The Morgan fingerprint density at radius 2 is 2.07 bits per heavy atom. The zero-order chi connectivity index (χ0) is 20.4. The van der Waals surface area contributed by atoms with Gasteiger partial charge in [0.1, 0.15) is 17.2 Å². The van der Waals surface area contributed by atoms with Crippen molar-refractivity contribution in [3.8, 4) is 17.2 Å². The summed E-state index contributed by atoms with van der Waals surface area (Å²) in [7, 11) is 1.66. The third-order valence-corrected chi connectivity index (χ3v) is 4.90. The molecule has 0 saturated heterocycles. The maximum Gasteiger partial charge on any atom is 0.226 e. The molecule has 1 saturated carbocycles. The largest absolute Gasteiger partial charge is 0.497 e. The van der Waals surface area contributed by atoms with Gasteiger partial charge in [-0.1, -0.05) is 38.8 Å². The smallest absolute Gasteiger partial charge is 0.226 e. The number of aromatic nitrogens is 1. The second-order valence-corrected chi connectivity index (χ2v) is 7.45. The fourth-order valence-corrected chi connectivity index (χ4v) is 3.48. The lowest BCUT2D eigenvalue weighted by Crippen LogP contribution is -2.22. The van der Waals surface area contributed by atoms with Gasteiger partial charge in [0, 0.05) is 5.56 Å². The van der Waals surface area contributed by atoms with E-state index < -0.39 is 0 Å². The maximum atomic E-state index is 6.14. The third kappa shape index (κ3) is 6.52. The number of aryl methyl sites for hydroxylation is 1. The van der Waals surface area contributed by atoms with Gasteiger partial charge in [-0.3, -0.25) is 0 Å².